The molecule has 5 nitrogen and oxygen atoms in total. The van der Waals surface area contributed by atoms with Crippen molar-refractivity contribution in [1.29, 1.82) is 0 Å². The third kappa shape index (κ3) is 3.31. The van der Waals surface area contributed by atoms with Gasteiger partial charge in [-0.05, 0) is 50.2 Å². The Morgan fingerprint density at radius 3 is 2.15 bits per heavy atom. The van der Waals surface area contributed by atoms with E-state index >= 15 is 0 Å². The topological polar surface area (TPSA) is 69.7 Å². The van der Waals surface area contributed by atoms with Gasteiger partial charge in [0, 0.05) is 12.0 Å². The van der Waals surface area contributed by atoms with Crippen LogP contribution in [0, 0.1) is 11.3 Å². The van der Waals surface area contributed by atoms with Gasteiger partial charge in [-0.25, -0.2) is 0 Å². The number of aryl methyl sites for hydroxylation is 1. The molecule has 1 atom stereocenters. The summed E-state index contributed by atoms with van der Waals surface area (Å²) in [4.78, 5) is 38.0. The largest absolute Gasteiger partial charge is 0.465 e. The Morgan fingerprint density at radius 2 is 1.63 bits per heavy atom. The second-order valence-electron chi connectivity index (χ2n) is 7.18. The zero-order valence-corrected chi connectivity index (χ0v) is 16.2. The minimum atomic E-state index is -1.33. The highest BCUT2D eigenvalue weighted by Gasteiger charge is 2.58. The second kappa shape index (κ2) is 7.67. The van der Waals surface area contributed by atoms with E-state index in [0.29, 0.717) is 12.0 Å². The molecule has 5 heteroatoms. The number of hydrogen-bond donors (Lipinski definition) is 0. The van der Waals surface area contributed by atoms with Crippen LogP contribution in [0.3, 0.4) is 0 Å². The number of rotatable bonds is 6. The number of hydrogen-bond acceptors (Lipinski definition) is 5. The molecular weight excluding hydrogens is 344 g/mol. The quantitative estimate of drug-likeness (QED) is 0.566. The van der Waals surface area contributed by atoms with Crippen molar-refractivity contribution in [2.75, 3.05) is 13.2 Å². The van der Waals surface area contributed by atoms with Crippen LogP contribution in [0.1, 0.15) is 51.2 Å². The van der Waals surface area contributed by atoms with Gasteiger partial charge in [-0.1, -0.05) is 36.8 Å². The van der Waals surface area contributed by atoms with Gasteiger partial charge in [-0.3, -0.25) is 14.4 Å². The Morgan fingerprint density at radius 1 is 1.04 bits per heavy atom. The van der Waals surface area contributed by atoms with Crippen molar-refractivity contribution in [3.05, 3.63) is 41.0 Å². The first-order valence-corrected chi connectivity index (χ1v) is 9.66. The van der Waals surface area contributed by atoms with Crippen LogP contribution < -0.4 is 0 Å². The molecule has 0 aliphatic heterocycles. The molecule has 0 unspecified atom stereocenters. The molecule has 3 rings (SSSR count). The standard InChI is InChI=1S/C22H26O5/c1-4-14-7-9-15(10-8-14)19-17-13-22(20(24)26-5-2,21(25)27-6-3)12-16(17)11-18(19)23/h7-10,16H,4-6,11-13H2,1-3H3/t16-/m0/s1. The minimum absolute atomic E-state index is 0.0839. The molecule has 2 aliphatic carbocycles. The summed E-state index contributed by atoms with van der Waals surface area (Å²) in [7, 11) is 0. The predicted octanol–water partition coefficient (Wildman–Crippen LogP) is 3.50. The van der Waals surface area contributed by atoms with Crippen molar-refractivity contribution < 1.29 is 23.9 Å². The number of Topliss-reactive ketones (excluding diaryl/α,β-unsaturated/α-hetero) is 1. The van der Waals surface area contributed by atoms with Crippen LogP contribution in [0.15, 0.2) is 29.8 Å². The summed E-state index contributed by atoms with van der Waals surface area (Å²) in [5.41, 5.74) is 2.29. The summed E-state index contributed by atoms with van der Waals surface area (Å²) in [5.74, 6) is -1.11. The Hall–Kier alpha value is -2.43. The van der Waals surface area contributed by atoms with Gasteiger partial charge in [0.05, 0.1) is 13.2 Å². The van der Waals surface area contributed by atoms with Crippen LogP contribution in [-0.4, -0.2) is 30.9 Å². The zero-order valence-electron chi connectivity index (χ0n) is 16.2. The van der Waals surface area contributed by atoms with Crippen molar-refractivity contribution in [3.63, 3.8) is 0 Å². The highest BCUT2D eigenvalue weighted by Crippen LogP contribution is 2.54. The summed E-state index contributed by atoms with van der Waals surface area (Å²) in [6.07, 6.45) is 1.74. The van der Waals surface area contributed by atoms with E-state index in [9.17, 15) is 14.4 Å². The molecule has 0 N–H and O–H groups in total. The highest BCUT2D eigenvalue weighted by atomic mass is 16.6. The van der Waals surface area contributed by atoms with Crippen LogP contribution in [-0.2, 0) is 30.3 Å². The molecule has 0 heterocycles. The summed E-state index contributed by atoms with van der Waals surface area (Å²) in [6, 6.07) is 7.94. The van der Waals surface area contributed by atoms with E-state index < -0.39 is 17.4 Å². The average molecular weight is 370 g/mol. The van der Waals surface area contributed by atoms with E-state index in [1.807, 2.05) is 24.3 Å². The SMILES string of the molecule is CCOC(=O)C1(C(=O)OCC)CC2=C(c3ccc(CC)cc3)C(=O)C[C@H]2C1. The molecule has 0 radical (unpaired) electrons. The fourth-order valence-corrected chi connectivity index (χ4v) is 4.26. The minimum Gasteiger partial charge on any atom is -0.465 e. The number of fused-ring (bicyclic) bond motifs is 1. The lowest BCUT2D eigenvalue weighted by atomic mass is 9.83. The predicted molar refractivity (Wildman–Crippen MR) is 101 cm³/mol. The number of carbonyl (C=O) groups is 3. The molecule has 0 bridgehead atoms. The molecule has 0 aromatic heterocycles. The van der Waals surface area contributed by atoms with Crippen LogP contribution in [0.5, 0.6) is 0 Å². The Bertz CT molecular complexity index is 769. The van der Waals surface area contributed by atoms with Crippen molar-refractivity contribution in [3.8, 4) is 0 Å². The van der Waals surface area contributed by atoms with Crippen molar-refractivity contribution >= 4 is 23.3 Å². The van der Waals surface area contributed by atoms with Gasteiger partial charge in [0.2, 0.25) is 0 Å². The van der Waals surface area contributed by atoms with Gasteiger partial charge in [0.25, 0.3) is 0 Å². The van der Waals surface area contributed by atoms with Gasteiger partial charge in [0.1, 0.15) is 0 Å². The van der Waals surface area contributed by atoms with Crippen LogP contribution in [0.4, 0.5) is 0 Å². The average Bonchev–Trinajstić information content (AvgIpc) is 3.16. The monoisotopic (exact) mass is 370 g/mol. The van der Waals surface area contributed by atoms with Crippen molar-refractivity contribution in [2.45, 2.75) is 46.5 Å². The van der Waals surface area contributed by atoms with Crippen molar-refractivity contribution in [2.24, 2.45) is 11.3 Å². The Kier molecular flexibility index (Phi) is 5.49. The molecule has 2 aliphatic rings. The third-order valence-corrected chi connectivity index (χ3v) is 5.59. The number of ketones is 1. The second-order valence-corrected chi connectivity index (χ2v) is 7.18. The molecule has 1 aromatic carbocycles. The molecule has 0 spiro atoms. The molecule has 27 heavy (non-hydrogen) atoms. The van der Waals surface area contributed by atoms with Crippen LogP contribution >= 0.6 is 0 Å². The zero-order chi connectivity index (χ0) is 19.6. The molecule has 0 saturated heterocycles. The summed E-state index contributed by atoms with van der Waals surface area (Å²) < 4.78 is 10.4. The summed E-state index contributed by atoms with van der Waals surface area (Å²) in [6.45, 7) is 5.92. The number of allylic oxidation sites excluding steroid dienone is 2. The summed E-state index contributed by atoms with van der Waals surface area (Å²) in [5, 5.41) is 0. The molecule has 144 valence electrons. The maximum atomic E-state index is 12.7. The normalized spacial score (nSPS) is 20.6. The molecule has 0 amide bonds. The van der Waals surface area contributed by atoms with Crippen LogP contribution in [0.2, 0.25) is 0 Å². The maximum Gasteiger partial charge on any atom is 0.323 e. The number of benzene rings is 1. The first-order valence-electron chi connectivity index (χ1n) is 9.66. The smallest absolute Gasteiger partial charge is 0.323 e. The van der Waals surface area contributed by atoms with E-state index in [2.05, 4.69) is 6.92 Å². The van der Waals surface area contributed by atoms with E-state index in [4.69, 9.17) is 9.47 Å². The Balaban J connectivity index is 2.02. The molecule has 1 fully saturated rings. The third-order valence-electron chi connectivity index (χ3n) is 5.59. The van der Waals surface area contributed by atoms with Gasteiger partial charge >= 0.3 is 11.9 Å². The van der Waals surface area contributed by atoms with E-state index in [-0.39, 0.29) is 37.8 Å². The first-order chi connectivity index (χ1) is 13.0. The van der Waals surface area contributed by atoms with E-state index in [0.717, 1.165) is 17.6 Å². The van der Waals surface area contributed by atoms with Gasteiger partial charge in [0.15, 0.2) is 11.2 Å². The molecule has 1 saturated carbocycles. The lowest BCUT2D eigenvalue weighted by Gasteiger charge is -2.24. The highest BCUT2D eigenvalue weighted by molar-refractivity contribution is 6.24. The lowest BCUT2D eigenvalue weighted by Crippen LogP contribution is -2.40. The fraction of sp³-hybridized carbons (Fsp3) is 0.500. The molecule has 1 aromatic rings. The number of carbonyl (C=O) groups excluding carboxylic acids is 3. The fourth-order valence-electron chi connectivity index (χ4n) is 4.26. The van der Waals surface area contributed by atoms with E-state index in [1.165, 1.54) is 5.56 Å². The summed E-state index contributed by atoms with van der Waals surface area (Å²) >= 11 is 0. The maximum absolute atomic E-state index is 12.7. The number of esters is 2. The van der Waals surface area contributed by atoms with Crippen molar-refractivity contribution in [1.82, 2.24) is 0 Å². The first kappa shape index (κ1) is 19.3. The van der Waals surface area contributed by atoms with Gasteiger partial charge in [-0.15, -0.1) is 0 Å². The Labute approximate surface area is 159 Å². The number of ether oxygens (including phenoxy) is 2. The van der Waals surface area contributed by atoms with E-state index in [1.54, 1.807) is 13.8 Å². The van der Waals surface area contributed by atoms with Gasteiger partial charge < -0.3 is 9.47 Å². The van der Waals surface area contributed by atoms with Crippen LogP contribution in [0.25, 0.3) is 5.57 Å². The van der Waals surface area contributed by atoms with Gasteiger partial charge in [-0.2, -0.15) is 0 Å². The lowest BCUT2D eigenvalue weighted by molar-refractivity contribution is -0.171. The molecular formula is C22H26O5.